The van der Waals surface area contributed by atoms with E-state index < -0.39 is 6.09 Å². The summed E-state index contributed by atoms with van der Waals surface area (Å²) < 4.78 is 0. The van der Waals surface area contributed by atoms with Crippen molar-refractivity contribution in [1.29, 1.82) is 0 Å². The molecule has 0 bridgehead atoms. The molecule has 96 valence electrons. The van der Waals surface area contributed by atoms with Gasteiger partial charge in [0.1, 0.15) is 0 Å². The summed E-state index contributed by atoms with van der Waals surface area (Å²) in [6, 6.07) is 0. The number of nitrogens with zero attached hydrogens (tertiary/aromatic N) is 1. The van der Waals surface area contributed by atoms with Crippen molar-refractivity contribution in [2.75, 3.05) is 11.5 Å². The standard InChI is InChI=1S/C9H19NO2S4/c11-9(12)10(7(15)3-1-5-13)8(16)4-2-6-14/h7-8,13-16H,1-6H2,(H,11,12). The topological polar surface area (TPSA) is 40.5 Å². The van der Waals surface area contributed by atoms with Crippen molar-refractivity contribution in [2.45, 2.75) is 36.4 Å². The van der Waals surface area contributed by atoms with Crippen molar-refractivity contribution in [1.82, 2.24) is 4.90 Å². The SMILES string of the molecule is O=C(O)N(C(S)CCCS)C(S)CCCS. The first-order valence-electron chi connectivity index (χ1n) is 5.13. The molecular weight excluding hydrogens is 282 g/mol. The van der Waals surface area contributed by atoms with E-state index in [4.69, 9.17) is 5.11 Å². The van der Waals surface area contributed by atoms with Gasteiger partial charge in [0.15, 0.2) is 0 Å². The van der Waals surface area contributed by atoms with Gasteiger partial charge < -0.3 is 5.11 Å². The highest BCUT2D eigenvalue weighted by atomic mass is 32.1. The Bertz CT molecular complexity index is 192. The van der Waals surface area contributed by atoms with Crippen LogP contribution in [0.5, 0.6) is 0 Å². The highest BCUT2D eigenvalue weighted by Gasteiger charge is 2.25. The third-order valence-electron chi connectivity index (χ3n) is 2.10. The summed E-state index contributed by atoms with van der Waals surface area (Å²) in [4.78, 5) is 12.4. The van der Waals surface area contributed by atoms with Gasteiger partial charge in [0.05, 0.1) is 10.7 Å². The third-order valence-corrected chi connectivity index (χ3v) is 3.75. The molecule has 0 aromatic rings. The quantitative estimate of drug-likeness (QED) is 0.353. The van der Waals surface area contributed by atoms with Crippen LogP contribution in [0, 0.1) is 0 Å². The van der Waals surface area contributed by atoms with Crippen LogP contribution in [0.15, 0.2) is 0 Å². The predicted molar refractivity (Wildman–Crippen MR) is 81.6 cm³/mol. The van der Waals surface area contributed by atoms with Gasteiger partial charge in [-0.05, 0) is 37.2 Å². The fourth-order valence-electron chi connectivity index (χ4n) is 1.28. The molecule has 1 amide bonds. The van der Waals surface area contributed by atoms with E-state index in [2.05, 4.69) is 50.5 Å². The Hall–Kier alpha value is 0.670. The van der Waals surface area contributed by atoms with Crippen LogP contribution in [0.1, 0.15) is 25.7 Å². The second-order valence-corrected chi connectivity index (χ2v) is 5.47. The van der Waals surface area contributed by atoms with Crippen molar-refractivity contribution >= 4 is 56.6 Å². The lowest BCUT2D eigenvalue weighted by atomic mass is 10.2. The average molecular weight is 302 g/mol. The molecule has 2 atom stereocenters. The number of rotatable bonds is 8. The second-order valence-electron chi connectivity index (χ2n) is 3.38. The van der Waals surface area contributed by atoms with E-state index in [1.54, 1.807) is 0 Å². The lowest BCUT2D eigenvalue weighted by Gasteiger charge is -2.30. The highest BCUT2D eigenvalue weighted by Crippen LogP contribution is 2.20. The second kappa shape index (κ2) is 9.67. The van der Waals surface area contributed by atoms with Crippen molar-refractivity contribution in [3.8, 4) is 0 Å². The zero-order valence-corrected chi connectivity index (χ0v) is 12.6. The van der Waals surface area contributed by atoms with Crippen molar-refractivity contribution in [2.24, 2.45) is 0 Å². The first-order valence-corrected chi connectivity index (χ1v) is 7.43. The normalized spacial score (nSPS) is 14.5. The lowest BCUT2D eigenvalue weighted by Crippen LogP contribution is -2.41. The zero-order valence-electron chi connectivity index (χ0n) is 8.99. The molecule has 3 nitrogen and oxygen atoms in total. The molecular formula is C9H19NO2S4. The predicted octanol–water partition coefficient (Wildman–Crippen LogP) is 2.90. The maximum atomic E-state index is 11.1. The molecule has 0 aromatic carbocycles. The summed E-state index contributed by atoms with van der Waals surface area (Å²) in [5.74, 6) is 1.47. The Labute approximate surface area is 119 Å². The molecule has 16 heavy (non-hydrogen) atoms. The molecule has 0 rings (SSSR count). The van der Waals surface area contributed by atoms with E-state index in [1.165, 1.54) is 4.90 Å². The summed E-state index contributed by atoms with van der Waals surface area (Å²) in [6.07, 6.45) is 2.09. The summed E-state index contributed by atoms with van der Waals surface area (Å²) in [6.45, 7) is 0. The highest BCUT2D eigenvalue weighted by molar-refractivity contribution is 7.82. The van der Waals surface area contributed by atoms with Gasteiger partial charge in [-0.15, -0.1) is 0 Å². The molecule has 0 heterocycles. The monoisotopic (exact) mass is 301 g/mol. The van der Waals surface area contributed by atoms with Gasteiger partial charge in [0.25, 0.3) is 0 Å². The van der Waals surface area contributed by atoms with E-state index in [-0.39, 0.29) is 10.7 Å². The molecule has 0 spiro atoms. The number of thiol groups is 4. The van der Waals surface area contributed by atoms with Crippen molar-refractivity contribution in [3.63, 3.8) is 0 Å². The first kappa shape index (κ1) is 16.7. The number of amides is 1. The van der Waals surface area contributed by atoms with Gasteiger partial charge in [0, 0.05) is 0 Å². The molecule has 2 unspecified atom stereocenters. The van der Waals surface area contributed by atoms with Gasteiger partial charge in [0.2, 0.25) is 0 Å². The van der Waals surface area contributed by atoms with Crippen LogP contribution in [0.3, 0.4) is 0 Å². The maximum absolute atomic E-state index is 11.1. The van der Waals surface area contributed by atoms with Crippen LogP contribution in [0.25, 0.3) is 0 Å². The molecule has 0 aliphatic carbocycles. The average Bonchev–Trinajstić information content (AvgIpc) is 2.23. The summed E-state index contributed by atoms with van der Waals surface area (Å²) >= 11 is 16.8. The van der Waals surface area contributed by atoms with Gasteiger partial charge >= 0.3 is 6.09 Å². The lowest BCUT2D eigenvalue weighted by molar-refractivity contribution is 0.133. The molecule has 0 radical (unpaired) electrons. The summed E-state index contributed by atoms with van der Waals surface area (Å²) in [7, 11) is 0. The van der Waals surface area contributed by atoms with E-state index >= 15 is 0 Å². The van der Waals surface area contributed by atoms with Crippen LogP contribution >= 0.6 is 50.5 Å². The Kier molecular flexibility index (Phi) is 10.1. The molecule has 0 fully saturated rings. The molecule has 1 N–H and O–H groups in total. The van der Waals surface area contributed by atoms with E-state index in [0.717, 1.165) is 24.3 Å². The minimum atomic E-state index is -0.974. The molecule has 7 heteroatoms. The Morgan fingerprint density at radius 2 is 1.44 bits per heavy atom. The van der Waals surface area contributed by atoms with Crippen LogP contribution < -0.4 is 0 Å². The molecule has 0 saturated carbocycles. The fourth-order valence-corrected chi connectivity index (χ4v) is 2.63. The maximum Gasteiger partial charge on any atom is 0.409 e. The Morgan fingerprint density at radius 1 is 1.06 bits per heavy atom. The van der Waals surface area contributed by atoms with Crippen molar-refractivity contribution < 1.29 is 9.90 Å². The number of hydrogen-bond donors (Lipinski definition) is 5. The van der Waals surface area contributed by atoms with Crippen LogP contribution in [0.2, 0.25) is 0 Å². The summed E-state index contributed by atoms with van der Waals surface area (Å²) in [5, 5.41) is 8.48. The minimum Gasteiger partial charge on any atom is -0.465 e. The van der Waals surface area contributed by atoms with E-state index in [1.807, 2.05) is 0 Å². The van der Waals surface area contributed by atoms with E-state index in [9.17, 15) is 4.79 Å². The fraction of sp³-hybridized carbons (Fsp3) is 0.889. The van der Waals surface area contributed by atoms with E-state index in [0.29, 0.717) is 12.8 Å². The Balaban J connectivity index is 4.28. The van der Waals surface area contributed by atoms with Gasteiger partial charge in [-0.3, -0.25) is 4.90 Å². The third kappa shape index (κ3) is 6.42. The van der Waals surface area contributed by atoms with Crippen molar-refractivity contribution in [3.05, 3.63) is 0 Å². The largest absolute Gasteiger partial charge is 0.465 e. The number of hydrogen-bond acceptors (Lipinski definition) is 5. The number of carbonyl (C=O) groups is 1. The molecule has 0 aliphatic heterocycles. The Morgan fingerprint density at radius 3 is 1.69 bits per heavy atom. The van der Waals surface area contributed by atoms with Crippen LogP contribution in [-0.4, -0.2) is 38.4 Å². The van der Waals surface area contributed by atoms with Gasteiger partial charge in [-0.1, -0.05) is 0 Å². The van der Waals surface area contributed by atoms with Crippen LogP contribution in [0.4, 0.5) is 4.79 Å². The van der Waals surface area contributed by atoms with Gasteiger partial charge in [-0.2, -0.15) is 50.5 Å². The zero-order chi connectivity index (χ0) is 12.6. The minimum absolute atomic E-state index is 0.313. The van der Waals surface area contributed by atoms with Crippen LogP contribution in [-0.2, 0) is 0 Å². The van der Waals surface area contributed by atoms with Gasteiger partial charge in [-0.25, -0.2) is 4.79 Å². The first-order chi connectivity index (χ1) is 7.54. The molecule has 0 aliphatic rings. The number of carboxylic acid groups (broad SMARTS) is 1. The summed E-state index contributed by atoms with van der Waals surface area (Å²) in [5.41, 5.74) is 0. The molecule has 0 aromatic heterocycles. The smallest absolute Gasteiger partial charge is 0.409 e. The molecule has 0 saturated heterocycles.